The topological polar surface area (TPSA) is 82.3 Å². The van der Waals surface area contributed by atoms with E-state index in [1.807, 2.05) is 16.8 Å². The Morgan fingerprint density at radius 1 is 1.35 bits per heavy atom. The Balaban J connectivity index is 0.000000238. The van der Waals surface area contributed by atoms with Crippen LogP contribution in [-0.4, -0.2) is 16.9 Å². The molecule has 0 aliphatic heterocycles. The molecule has 1 amide bonds. The number of hydrogen-bond acceptors (Lipinski definition) is 5. The Labute approximate surface area is 133 Å². The molecule has 0 aromatic carbocycles. The van der Waals surface area contributed by atoms with E-state index in [2.05, 4.69) is 4.98 Å². The Kier molecular flexibility index (Phi) is 6.70. The average molecular weight is 346 g/mol. The largest absolute Gasteiger partial charge is 0.461 e. The van der Waals surface area contributed by atoms with Crippen LogP contribution in [0.15, 0.2) is 35.3 Å². The van der Waals surface area contributed by atoms with E-state index in [1.165, 1.54) is 6.92 Å². The Bertz CT molecular complexity index is 658. The Hall–Kier alpha value is -2.42. The Morgan fingerprint density at radius 3 is 2.48 bits per heavy atom. The molecular weight excluding hydrogens is 333 g/mol. The number of amides is 1. The van der Waals surface area contributed by atoms with Gasteiger partial charge in [0.15, 0.2) is 0 Å². The zero-order valence-electron chi connectivity index (χ0n) is 12.0. The van der Waals surface area contributed by atoms with Gasteiger partial charge in [-0.3, -0.25) is 14.6 Å². The number of nitrogens with zero attached hydrogens (tertiary/aromatic N) is 1. The number of carbonyl (C=O) groups is 2. The second-order valence-corrected chi connectivity index (χ2v) is 4.98. The van der Waals surface area contributed by atoms with Gasteiger partial charge in [-0.15, -0.1) is 0 Å². The smallest absolute Gasteiger partial charge is 0.417 e. The van der Waals surface area contributed by atoms with E-state index in [-0.39, 0.29) is 5.97 Å². The van der Waals surface area contributed by atoms with Crippen molar-refractivity contribution in [3.63, 3.8) is 0 Å². The van der Waals surface area contributed by atoms with Crippen molar-refractivity contribution >= 4 is 23.2 Å². The first-order valence-corrected chi connectivity index (χ1v) is 7.11. The lowest BCUT2D eigenvalue weighted by Gasteiger charge is -2.08. The fourth-order valence-corrected chi connectivity index (χ4v) is 2.05. The quantitative estimate of drug-likeness (QED) is 0.866. The number of primary amides is 1. The molecule has 0 fully saturated rings. The van der Waals surface area contributed by atoms with Crippen molar-refractivity contribution in [1.82, 2.24) is 4.98 Å². The van der Waals surface area contributed by atoms with Gasteiger partial charge in [0, 0.05) is 24.9 Å². The number of nitrogens with two attached hydrogens (primary N) is 1. The SMILES string of the molecule is CC(=O)OCc1ccsc1.NC(=O)c1cnccc1C(F)(F)F. The van der Waals surface area contributed by atoms with Gasteiger partial charge in [0.25, 0.3) is 5.91 Å². The molecular formula is C14H13F3N2O3S. The highest BCUT2D eigenvalue weighted by Gasteiger charge is 2.34. The molecule has 2 aromatic rings. The van der Waals surface area contributed by atoms with Gasteiger partial charge < -0.3 is 10.5 Å². The predicted molar refractivity (Wildman–Crippen MR) is 77.5 cm³/mol. The molecule has 0 bridgehead atoms. The number of aromatic nitrogens is 1. The molecule has 0 aliphatic rings. The van der Waals surface area contributed by atoms with Crippen molar-refractivity contribution in [2.45, 2.75) is 19.7 Å². The lowest BCUT2D eigenvalue weighted by Crippen LogP contribution is -2.18. The number of thiophene rings is 1. The van der Waals surface area contributed by atoms with Crippen LogP contribution < -0.4 is 5.73 Å². The average Bonchev–Trinajstić information content (AvgIpc) is 2.98. The first-order chi connectivity index (χ1) is 10.7. The van der Waals surface area contributed by atoms with Crippen LogP contribution in [0.25, 0.3) is 0 Å². The number of carbonyl (C=O) groups excluding carboxylic acids is 2. The van der Waals surface area contributed by atoms with Crippen LogP contribution in [0.2, 0.25) is 0 Å². The van der Waals surface area contributed by atoms with Gasteiger partial charge in [0.05, 0.1) is 11.1 Å². The number of hydrogen-bond donors (Lipinski definition) is 1. The van der Waals surface area contributed by atoms with Crippen LogP contribution in [0.1, 0.15) is 28.4 Å². The summed E-state index contributed by atoms with van der Waals surface area (Å²) >= 11 is 1.60. The summed E-state index contributed by atoms with van der Waals surface area (Å²) in [5.74, 6) is -1.37. The zero-order chi connectivity index (χ0) is 17.5. The molecule has 9 heteroatoms. The molecule has 0 spiro atoms. The van der Waals surface area contributed by atoms with Crippen LogP contribution in [-0.2, 0) is 22.3 Å². The molecule has 0 unspecified atom stereocenters. The van der Waals surface area contributed by atoms with Gasteiger partial charge in [0.2, 0.25) is 0 Å². The number of halogens is 3. The van der Waals surface area contributed by atoms with Gasteiger partial charge in [-0.05, 0) is 22.9 Å². The molecule has 0 aliphatic carbocycles. The zero-order valence-corrected chi connectivity index (χ0v) is 12.8. The van der Waals surface area contributed by atoms with Gasteiger partial charge in [-0.25, -0.2) is 0 Å². The van der Waals surface area contributed by atoms with Crippen molar-refractivity contribution < 1.29 is 27.5 Å². The minimum Gasteiger partial charge on any atom is -0.461 e. The highest BCUT2D eigenvalue weighted by atomic mass is 32.1. The second-order valence-electron chi connectivity index (χ2n) is 4.20. The molecule has 0 saturated carbocycles. The minimum absolute atomic E-state index is 0.230. The van der Waals surface area contributed by atoms with Gasteiger partial charge >= 0.3 is 12.1 Å². The van der Waals surface area contributed by atoms with Gasteiger partial charge in [0.1, 0.15) is 6.61 Å². The summed E-state index contributed by atoms with van der Waals surface area (Å²) in [6.07, 6.45) is -2.83. The summed E-state index contributed by atoms with van der Waals surface area (Å²) in [7, 11) is 0. The van der Waals surface area contributed by atoms with Crippen molar-refractivity contribution in [2.75, 3.05) is 0 Å². The van der Waals surface area contributed by atoms with Crippen LogP contribution in [0.4, 0.5) is 13.2 Å². The molecule has 0 saturated heterocycles. The molecule has 23 heavy (non-hydrogen) atoms. The Morgan fingerprint density at radius 2 is 2.04 bits per heavy atom. The third kappa shape index (κ3) is 6.47. The summed E-state index contributed by atoms with van der Waals surface area (Å²) in [5, 5.41) is 3.92. The highest BCUT2D eigenvalue weighted by Crippen LogP contribution is 2.30. The maximum atomic E-state index is 12.2. The number of pyridine rings is 1. The fraction of sp³-hybridized carbons (Fsp3) is 0.214. The van der Waals surface area contributed by atoms with Gasteiger partial charge in [-0.1, -0.05) is 0 Å². The predicted octanol–water partition coefficient (Wildman–Crippen LogP) is 3.01. The maximum Gasteiger partial charge on any atom is 0.417 e. The van der Waals surface area contributed by atoms with E-state index < -0.39 is 23.2 Å². The van der Waals surface area contributed by atoms with E-state index in [9.17, 15) is 22.8 Å². The van der Waals surface area contributed by atoms with E-state index in [0.29, 0.717) is 12.7 Å². The number of alkyl halides is 3. The maximum absolute atomic E-state index is 12.2. The highest BCUT2D eigenvalue weighted by molar-refractivity contribution is 7.07. The molecule has 2 heterocycles. The monoisotopic (exact) mass is 346 g/mol. The molecule has 2 aromatic heterocycles. The first-order valence-electron chi connectivity index (χ1n) is 6.17. The summed E-state index contributed by atoms with van der Waals surface area (Å²) < 4.78 is 41.3. The third-order valence-electron chi connectivity index (χ3n) is 2.41. The molecule has 5 nitrogen and oxygen atoms in total. The molecule has 0 atom stereocenters. The normalized spacial score (nSPS) is 10.4. The molecule has 2 rings (SSSR count). The molecule has 0 radical (unpaired) electrons. The number of ether oxygens (including phenoxy) is 1. The van der Waals surface area contributed by atoms with Crippen molar-refractivity contribution in [1.29, 1.82) is 0 Å². The lowest BCUT2D eigenvalue weighted by molar-refractivity contribution is -0.142. The molecule has 124 valence electrons. The van der Waals surface area contributed by atoms with Crippen LogP contribution in [0, 0.1) is 0 Å². The second kappa shape index (κ2) is 8.28. The van der Waals surface area contributed by atoms with E-state index in [0.717, 1.165) is 18.0 Å². The third-order valence-corrected chi connectivity index (χ3v) is 3.15. The van der Waals surface area contributed by atoms with Crippen molar-refractivity contribution in [3.8, 4) is 0 Å². The molecule has 2 N–H and O–H groups in total. The lowest BCUT2D eigenvalue weighted by atomic mass is 10.1. The van der Waals surface area contributed by atoms with E-state index in [1.54, 1.807) is 11.3 Å². The number of rotatable bonds is 3. The summed E-state index contributed by atoms with van der Waals surface area (Å²) in [5.41, 5.74) is 4.11. The minimum atomic E-state index is -4.58. The summed E-state index contributed by atoms with van der Waals surface area (Å²) in [4.78, 5) is 24.3. The number of esters is 1. The van der Waals surface area contributed by atoms with Crippen LogP contribution >= 0.6 is 11.3 Å². The van der Waals surface area contributed by atoms with Crippen LogP contribution in [0.5, 0.6) is 0 Å². The summed E-state index contributed by atoms with van der Waals surface area (Å²) in [6.45, 7) is 1.81. The first kappa shape index (κ1) is 18.6. The van der Waals surface area contributed by atoms with Crippen molar-refractivity contribution in [3.05, 3.63) is 52.0 Å². The standard InChI is InChI=1S/C7H5F3N2O.C7H8O2S/c8-7(9,10)5-1-2-12-3-4(5)6(11)13;1-6(8)9-4-7-2-3-10-5-7/h1-3H,(H2,11,13);2-3,5H,4H2,1H3. The van der Waals surface area contributed by atoms with Crippen molar-refractivity contribution in [2.24, 2.45) is 5.73 Å². The van der Waals surface area contributed by atoms with Gasteiger partial charge in [-0.2, -0.15) is 24.5 Å². The fourth-order valence-electron chi connectivity index (χ4n) is 1.40. The van der Waals surface area contributed by atoms with E-state index in [4.69, 9.17) is 10.5 Å². The summed E-state index contributed by atoms with van der Waals surface area (Å²) in [6, 6.07) is 2.65. The van der Waals surface area contributed by atoms with E-state index >= 15 is 0 Å². The van der Waals surface area contributed by atoms with Crippen LogP contribution in [0.3, 0.4) is 0 Å².